The number of carbonyl (C=O) groups is 1. The molecule has 1 saturated heterocycles. The van der Waals surface area contributed by atoms with Gasteiger partial charge >= 0.3 is 0 Å². The number of amides is 1. The zero-order chi connectivity index (χ0) is 19.1. The lowest BCUT2D eigenvalue weighted by atomic mass is 9.88. The Morgan fingerprint density at radius 1 is 1.22 bits per heavy atom. The monoisotopic (exact) mass is 377 g/mol. The van der Waals surface area contributed by atoms with E-state index in [0.717, 1.165) is 45.2 Å². The highest BCUT2D eigenvalue weighted by Gasteiger charge is 2.39. The van der Waals surface area contributed by atoms with Crippen LogP contribution in [0, 0.1) is 5.92 Å². The van der Waals surface area contributed by atoms with Gasteiger partial charge in [-0.1, -0.05) is 30.8 Å². The third-order valence-electron chi connectivity index (χ3n) is 5.92. The van der Waals surface area contributed by atoms with Crippen molar-refractivity contribution < 1.29 is 9.32 Å². The lowest BCUT2D eigenvalue weighted by Crippen LogP contribution is -2.46. The average molecular weight is 378 g/mol. The molecule has 0 spiro atoms. The molecule has 1 saturated carbocycles. The molecular weight excluding hydrogens is 342 g/mol. The maximum absolute atomic E-state index is 12.8. The molecule has 2 N–H and O–H groups in total. The molecule has 1 aromatic rings. The summed E-state index contributed by atoms with van der Waals surface area (Å²) in [6.07, 6.45) is 10.3. The van der Waals surface area contributed by atoms with Gasteiger partial charge in [-0.3, -0.25) is 4.79 Å². The fraction of sp³-hybridized carbons (Fsp3) is 0.850. The first-order valence-corrected chi connectivity index (χ1v) is 10.6. The third kappa shape index (κ3) is 5.75. The van der Waals surface area contributed by atoms with E-state index in [9.17, 15) is 4.79 Å². The largest absolute Gasteiger partial charge is 0.343 e. The first-order valence-electron chi connectivity index (χ1n) is 10.6. The van der Waals surface area contributed by atoms with Crippen molar-refractivity contribution in [2.45, 2.75) is 76.3 Å². The molecule has 27 heavy (non-hydrogen) atoms. The van der Waals surface area contributed by atoms with E-state index in [1.165, 1.54) is 25.7 Å². The van der Waals surface area contributed by atoms with E-state index in [-0.39, 0.29) is 5.91 Å². The van der Waals surface area contributed by atoms with Gasteiger partial charge in [0.2, 0.25) is 11.8 Å². The lowest BCUT2D eigenvalue weighted by molar-refractivity contribution is -0.123. The molecule has 1 aromatic heterocycles. The number of nitrogens with zero attached hydrogens (tertiary/aromatic N) is 3. The Hall–Kier alpha value is -1.47. The summed E-state index contributed by atoms with van der Waals surface area (Å²) in [5, 5.41) is 11.0. The quantitative estimate of drug-likeness (QED) is 0.711. The number of carbonyl (C=O) groups excluding carboxylic acids is 1. The van der Waals surface area contributed by atoms with Gasteiger partial charge in [0.25, 0.3) is 0 Å². The van der Waals surface area contributed by atoms with Crippen LogP contribution in [-0.2, 0) is 16.9 Å². The smallest absolute Gasteiger partial charge is 0.240 e. The van der Waals surface area contributed by atoms with Crippen LogP contribution in [0.1, 0.15) is 75.9 Å². The van der Waals surface area contributed by atoms with Crippen LogP contribution in [0.2, 0.25) is 0 Å². The van der Waals surface area contributed by atoms with Gasteiger partial charge in [0.1, 0.15) is 5.54 Å². The molecule has 1 aliphatic heterocycles. The number of hydrogen-bond donors (Lipinski definition) is 2. The van der Waals surface area contributed by atoms with Crippen molar-refractivity contribution in [1.82, 2.24) is 25.7 Å². The van der Waals surface area contributed by atoms with Crippen LogP contribution in [0.4, 0.5) is 0 Å². The molecule has 0 bridgehead atoms. The molecule has 1 amide bonds. The molecule has 0 atom stereocenters. The lowest BCUT2D eigenvalue weighted by Gasteiger charge is -2.31. The van der Waals surface area contributed by atoms with E-state index >= 15 is 0 Å². The number of piperidine rings is 1. The first kappa shape index (κ1) is 20.3. The van der Waals surface area contributed by atoms with Gasteiger partial charge in [-0.2, -0.15) is 4.98 Å². The van der Waals surface area contributed by atoms with Crippen LogP contribution in [0.5, 0.6) is 0 Å². The van der Waals surface area contributed by atoms with Crippen LogP contribution < -0.4 is 10.6 Å². The summed E-state index contributed by atoms with van der Waals surface area (Å²) in [4.78, 5) is 19.5. The fourth-order valence-corrected chi connectivity index (χ4v) is 4.36. The maximum Gasteiger partial charge on any atom is 0.240 e. The highest BCUT2D eigenvalue weighted by molar-refractivity contribution is 5.76. The summed E-state index contributed by atoms with van der Waals surface area (Å²) in [6.45, 7) is 2.77. The standard InChI is InChI=1S/C20H35N5O2/c1-25(2)15-18-22-19(24-27-18)20(11-5-3-4-6-12-20)23-17(26)8-7-16-9-13-21-14-10-16/h16,21H,3-15H2,1-2H3,(H,23,26). The second-order valence-electron chi connectivity index (χ2n) is 8.53. The van der Waals surface area contributed by atoms with Crippen LogP contribution in [0.3, 0.4) is 0 Å². The van der Waals surface area contributed by atoms with Gasteiger partial charge in [-0.05, 0) is 65.2 Å². The predicted octanol–water partition coefficient (Wildman–Crippen LogP) is 2.58. The van der Waals surface area contributed by atoms with E-state index in [1.54, 1.807) is 0 Å². The minimum Gasteiger partial charge on any atom is -0.343 e. The van der Waals surface area contributed by atoms with Gasteiger partial charge in [-0.15, -0.1) is 0 Å². The second kappa shape index (κ2) is 9.64. The normalized spacial score (nSPS) is 21.1. The van der Waals surface area contributed by atoms with Crippen molar-refractivity contribution >= 4 is 5.91 Å². The van der Waals surface area contributed by atoms with Crippen molar-refractivity contribution in [3.63, 3.8) is 0 Å². The van der Waals surface area contributed by atoms with Crippen molar-refractivity contribution in [2.75, 3.05) is 27.2 Å². The zero-order valence-corrected chi connectivity index (χ0v) is 16.9. The average Bonchev–Trinajstić information content (AvgIpc) is 2.99. The summed E-state index contributed by atoms with van der Waals surface area (Å²) < 4.78 is 5.47. The maximum atomic E-state index is 12.8. The number of aromatic nitrogens is 2. The third-order valence-corrected chi connectivity index (χ3v) is 5.92. The molecule has 0 radical (unpaired) electrons. The molecular formula is C20H35N5O2. The van der Waals surface area contributed by atoms with Gasteiger partial charge in [-0.25, -0.2) is 0 Å². The molecule has 1 aliphatic carbocycles. The summed E-state index contributed by atoms with van der Waals surface area (Å²) in [6, 6.07) is 0. The Morgan fingerprint density at radius 3 is 2.59 bits per heavy atom. The highest BCUT2D eigenvalue weighted by atomic mass is 16.5. The van der Waals surface area contributed by atoms with Crippen LogP contribution >= 0.6 is 0 Å². The molecule has 2 heterocycles. The van der Waals surface area contributed by atoms with E-state index in [1.807, 2.05) is 19.0 Å². The SMILES string of the molecule is CN(C)Cc1nc(C2(NC(=O)CCC3CCNCC3)CCCCCC2)no1. The Labute approximate surface area is 162 Å². The van der Waals surface area contributed by atoms with Crippen LogP contribution in [0.15, 0.2) is 4.52 Å². The van der Waals surface area contributed by atoms with Crippen LogP contribution in [0.25, 0.3) is 0 Å². The van der Waals surface area contributed by atoms with Crippen molar-refractivity contribution in [1.29, 1.82) is 0 Å². The molecule has 7 nitrogen and oxygen atoms in total. The predicted molar refractivity (Wildman–Crippen MR) is 104 cm³/mol. The molecule has 2 aliphatic rings. The second-order valence-corrected chi connectivity index (χ2v) is 8.53. The van der Waals surface area contributed by atoms with Crippen molar-refractivity contribution in [3.8, 4) is 0 Å². The first-order chi connectivity index (χ1) is 13.1. The highest BCUT2D eigenvalue weighted by Crippen LogP contribution is 2.35. The molecule has 152 valence electrons. The molecule has 0 unspecified atom stereocenters. The zero-order valence-electron chi connectivity index (χ0n) is 16.9. The summed E-state index contributed by atoms with van der Waals surface area (Å²) in [7, 11) is 3.96. The number of hydrogen-bond acceptors (Lipinski definition) is 6. The van der Waals surface area contributed by atoms with Crippen molar-refractivity contribution in [2.24, 2.45) is 5.92 Å². The van der Waals surface area contributed by atoms with Gasteiger partial charge in [0.15, 0.2) is 5.82 Å². The minimum atomic E-state index is -0.463. The van der Waals surface area contributed by atoms with Gasteiger partial charge < -0.3 is 20.1 Å². The molecule has 0 aromatic carbocycles. The Balaban J connectivity index is 1.66. The Kier molecular flexibility index (Phi) is 7.24. The van der Waals surface area contributed by atoms with Gasteiger partial charge in [0, 0.05) is 6.42 Å². The fourth-order valence-electron chi connectivity index (χ4n) is 4.36. The summed E-state index contributed by atoms with van der Waals surface area (Å²) >= 11 is 0. The molecule has 7 heteroatoms. The Morgan fingerprint density at radius 2 is 1.93 bits per heavy atom. The van der Waals surface area contributed by atoms with Gasteiger partial charge in [0.05, 0.1) is 6.54 Å². The number of nitrogens with one attached hydrogen (secondary N) is 2. The van der Waals surface area contributed by atoms with Crippen LogP contribution in [-0.4, -0.2) is 48.1 Å². The van der Waals surface area contributed by atoms with E-state index in [0.29, 0.717) is 30.6 Å². The Bertz CT molecular complexity index is 587. The topological polar surface area (TPSA) is 83.3 Å². The van der Waals surface area contributed by atoms with E-state index in [2.05, 4.69) is 20.8 Å². The summed E-state index contributed by atoms with van der Waals surface area (Å²) in [5.74, 6) is 2.08. The summed E-state index contributed by atoms with van der Waals surface area (Å²) in [5.41, 5.74) is -0.463. The van der Waals surface area contributed by atoms with E-state index < -0.39 is 5.54 Å². The van der Waals surface area contributed by atoms with Crippen molar-refractivity contribution in [3.05, 3.63) is 11.7 Å². The minimum absolute atomic E-state index is 0.134. The molecule has 2 fully saturated rings. The molecule has 3 rings (SSSR count). The number of rotatable bonds is 7. The van der Waals surface area contributed by atoms with E-state index in [4.69, 9.17) is 4.52 Å².